The van der Waals surface area contributed by atoms with Crippen molar-refractivity contribution in [3.05, 3.63) is 37.4 Å². The first kappa shape index (κ1) is 14.4. The number of hydrogen-bond acceptors (Lipinski definition) is 4. The molecule has 0 fully saturated rings. The number of aromatic amines is 2. The number of aromatic nitrogens is 4. The molecule has 0 bridgehead atoms. The van der Waals surface area contributed by atoms with Crippen LogP contribution in [0.2, 0.25) is 0 Å². The van der Waals surface area contributed by atoms with E-state index in [2.05, 4.69) is 15.0 Å². The molecule has 0 aliphatic carbocycles. The van der Waals surface area contributed by atoms with Crippen LogP contribution in [-0.4, -0.2) is 33.3 Å². The smallest absolute Gasteiger partial charge is 0.239 e. The second kappa shape index (κ2) is 7.62. The van der Waals surface area contributed by atoms with Crippen LogP contribution in [0.3, 0.4) is 0 Å². The summed E-state index contributed by atoms with van der Waals surface area (Å²) in [6.45, 7) is 0.704. The van der Waals surface area contributed by atoms with Crippen LogP contribution >= 0.6 is 0 Å². The minimum absolute atomic E-state index is 0.276. The third-order valence-corrected chi connectivity index (χ3v) is 2.85. The lowest BCUT2D eigenvalue weighted by Crippen LogP contribution is -2.05. The summed E-state index contributed by atoms with van der Waals surface area (Å²) in [7, 11) is -4.04. The number of nitrogens with one attached hydrogen (secondary N) is 2. The van der Waals surface area contributed by atoms with Crippen molar-refractivity contribution in [2.24, 2.45) is 0 Å². The molecule has 0 aromatic carbocycles. The van der Waals surface area contributed by atoms with E-state index < -0.39 is 10.1 Å². The van der Waals surface area contributed by atoms with Gasteiger partial charge in [-0.2, -0.15) is 0 Å². The highest BCUT2D eigenvalue weighted by Crippen LogP contribution is 1.97. The summed E-state index contributed by atoms with van der Waals surface area (Å²) < 4.78 is 32.5. The molecule has 100 valence electrons. The maximum Gasteiger partial charge on any atom is 0.239 e. The lowest BCUT2D eigenvalue weighted by atomic mass is 10.3. The van der Waals surface area contributed by atoms with Crippen molar-refractivity contribution in [3.63, 3.8) is 0 Å². The lowest BCUT2D eigenvalue weighted by Gasteiger charge is -2.06. The van der Waals surface area contributed by atoms with Gasteiger partial charge in [-0.05, 0) is 12.8 Å². The summed E-state index contributed by atoms with van der Waals surface area (Å²) in [5, 5.41) is 0. The second-order valence-electron chi connectivity index (χ2n) is 3.58. The number of hydrogen-bond donors (Lipinski definition) is 1. The molecule has 0 aliphatic rings. The third kappa shape index (κ3) is 7.58. The minimum Gasteiger partial charge on any atom is -0.748 e. The number of imidazole rings is 2. The molecule has 8 heteroatoms. The molecule has 2 N–H and O–H groups in total. The average Bonchev–Trinajstić information content (AvgIpc) is 2.98. The van der Waals surface area contributed by atoms with Crippen LogP contribution in [-0.2, 0) is 16.7 Å². The fourth-order valence-electron chi connectivity index (χ4n) is 1.23. The van der Waals surface area contributed by atoms with E-state index >= 15 is 0 Å². The Hall–Kier alpha value is -1.67. The SMILES string of the molecule is O=S(=O)([O-])CCCCn1ccnc1.c1c[nH+]c[nH]1. The van der Waals surface area contributed by atoms with Gasteiger partial charge in [0.2, 0.25) is 6.33 Å². The highest BCUT2D eigenvalue weighted by Gasteiger charge is 1.95. The first-order valence-electron chi connectivity index (χ1n) is 5.46. The van der Waals surface area contributed by atoms with Gasteiger partial charge in [-0.15, -0.1) is 0 Å². The maximum atomic E-state index is 10.2. The molecule has 7 nitrogen and oxygen atoms in total. The third-order valence-electron chi connectivity index (χ3n) is 2.06. The molecular weight excluding hydrogens is 256 g/mol. The van der Waals surface area contributed by atoms with Gasteiger partial charge in [0.25, 0.3) is 0 Å². The summed E-state index contributed by atoms with van der Waals surface area (Å²) in [6.07, 6.45) is 11.6. The van der Waals surface area contributed by atoms with E-state index in [-0.39, 0.29) is 5.75 Å². The van der Waals surface area contributed by atoms with Gasteiger partial charge in [-0.3, -0.25) is 9.97 Å². The molecule has 0 unspecified atom stereocenters. The molecule has 18 heavy (non-hydrogen) atoms. The van der Waals surface area contributed by atoms with Crippen LogP contribution in [0.15, 0.2) is 37.4 Å². The Bertz CT molecular complexity index is 476. The van der Waals surface area contributed by atoms with Gasteiger partial charge < -0.3 is 9.12 Å². The van der Waals surface area contributed by atoms with Crippen LogP contribution in [0.4, 0.5) is 0 Å². The van der Waals surface area contributed by atoms with Gasteiger partial charge in [0, 0.05) is 24.7 Å². The number of nitrogens with zero attached hydrogens (tertiary/aromatic N) is 2. The molecule has 2 heterocycles. The Morgan fingerprint density at radius 1 is 1.39 bits per heavy atom. The highest BCUT2D eigenvalue weighted by molar-refractivity contribution is 7.85. The minimum atomic E-state index is -4.04. The van der Waals surface area contributed by atoms with E-state index in [1.54, 1.807) is 25.0 Å². The first-order valence-corrected chi connectivity index (χ1v) is 7.04. The van der Waals surface area contributed by atoms with Crippen LogP contribution in [0.25, 0.3) is 0 Å². The predicted octanol–water partition coefficient (Wildman–Crippen LogP) is 0.0373. The molecule has 0 amide bonds. The van der Waals surface area contributed by atoms with E-state index in [9.17, 15) is 13.0 Å². The number of rotatable bonds is 5. The molecule has 2 aromatic rings. The fraction of sp³-hybridized carbons (Fsp3) is 0.400. The molecule has 0 radical (unpaired) electrons. The van der Waals surface area contributed by atoms with Gasteiger partial charge in [0.05, 0.1) is 16.4 Å². The zero-order chi connectivity index (χ0) is 13.3. The van der Waals surface area contributed by atoms with E-state index in [4.69, 9.17) is 0 Å². The van der Waals surface area contributed by atoms with Crippen molar-refractivity contribution in [1.82, 2.24) is 14.5 Å². The topological polar surface area (TPSA) is 105 Å². The zero-order valence-electron chi connectivity index (χ0n) is 9.82. The fourth-order valence-corrected chi connectivity index (χ4v) is 1.79. The standard InChI is InChI=1S/C7H12N2O3S.C3H4N2/c10-13(11,12)6-2-1-4-9-5-3-8-7-9;1-2-5-3-4-1/h3,5,7H,1-2,4,6H2,(H,10,11,12);1-3H,(H,4,5). The molecule has 0 saturated heterocycles. The molecule has 2 rings (SSSR count). The lowest BCUT2D eigenvalue weighted by molar-refractivity contribution is -0.375. The second-order valence-corrected chi connectivity index (χ2v) is 5.10. The van der Waals surface area contributed by atoms with Crippen molar-refractivity contribution >= 4 is 10.1 Å². The van der Waals surface area contributed by atoms with Crippen LogP contribution in [0.5, 0.6) is 0 Å². The Balaban J connectivity index is 0.000000269. The Kier molecular flexibility index (Phi) is 6.09. The van der Waals surface area contributed by atoms with Crippen molar-refractivity contribution < 1.29 is 18.0 Å². The number of H-pyrrole nitrogens is 2. The Morgan fingerprint density at radius 2 is 2.22 bits per heavy atom. The van der Waals surface area contributed by atoms with E-state index in [1.807, 2.05) is 17.0 Å². The van der Waals surface area contributed by atoms with Gasteiger partial charge in [-0.1, -0.05) is 0 Å². The van der Waals surface area contributed by atoms with Gasteiger partial charge in [0.15, 0.2) is 0 Å². The van der Waals surface area contributed by atoms with Gasteiger partial charge in [0.1, 0.15) is 12.4 Å². The molecule has 0 aliphatic heterocycles. The number of aryl methyl sites for hydroxylation is 1. The monoisotopic (exact) mass is 272 g/mol. The summed E-state index contributed by atoms with van der Waals surface area (Å²) in [5.41, 5.74) is 0. The Labute approximate surface area is 106 Å². The van der Waals surface area contributed by atoms with Crippen molar-refractivity contribution in [2.45, 2.75) is 19.4 Å². The molecule has 0 atom stereocenters. The molecule has 0 saturated carbocycles. The first-order chi connectivity index (χ1) is 8.58. The zero-order valence-corrected chi connectivity index (χ0v) is 10.6. The maximum absolute atomic E-state index is 10.2. The summed E-state index contributed by atoms with van der Waals surface area (Å²) >= 11 is 0. The van der Waals surface area contributed by atoms with Crippen LogP contribution in [0, 0.1) is 0 Å². The largest absolute Gasteiger partial charge is 0.748 e. The summed E-state index contributed by atoms with van der Waals surface area (Å²) in [6, 6.07) is 0. The van der Waals surface area contributed by atoms with Gasteiger partial charge >= 0.3 is 0 Å². The Morgan fingerprint density at radius 3 is 2.67 bits per heavy atom. The van der Waals surface area contributed by atoms with Crippen LogP contribution < -0.4 is 4.98 Å². The van der Waals surface area contributed by atoms with Crippen molar-refractivity contribution in [2.75, 3.05) is 5.75 Å². The molecule has 2 aromatic heterocycles. The summed E-state index contributed by atoms with van der Waals surface area (Å²) in [5.74, 6) is -0.276. The van der Waals surface area contributed by atoms with Crippen molar-refractivity contribution in [1.29, 1.82) is 0 Å². The predicted molar refractivity (Wildman–Crippen MR) is 63.4 cm³/mol. The van der Waals surface area contributed by atoms with Crippen molar-refractivity contribution in [3.8, 4) is 0 Å². The quantitative estimate of drug-likeness (QED) is 0.612. The highest BCUT2D eigenvalue weighted by atomic mass is 32.2. The number of unbranched alkanes of at least 4 members (excludes halogenated alkanes) is 1. The summed E-state index contributed by atoms with van der Waals surface area (Å²) in [4.78, 5) is 9.44. The van der Waals surface area contributed by atoms with Crippen LogP contribution in [0.1, 0.15) is 12.8 Å². The normalized spacial score (nSPS) is 10.7. The van der Waals surface area contributed by atoms with E-state index in [0.717, 1.165) is 0 Å². The molecule has 0 spiro atoms. The van der Waals surface area contributed by atoms with Gasteiger partial charge in [-0.25, -0.2) is 13.4 Å². The molecular formula is C10H16N4O3S. The van der Waals surface area contributed by atoms with E-state index in [1.165, 1.54) is 0 Å². The average molecular weight is 272 g/mol. The van der Waals surface area contributed by atoms with E-state index in [0.29, 0.717) is 19.4 Å².